The van der Waals surface area contributed by atoms with Crippen LogP contribution in [0.1, 0.15) is 41.0 Å². The van der Waals surface area contributed by atoms with Crippen LogP contribution in [0.5, 0.6) is 0 Å². The summed E-state index contributed by atoms with van der Waals surface area (Å²) >= 11 is 5.79. The molecule has 0 aliphatic carbocycles. The lowest BCUT2D eigenvalue weighted by atomic mass is 10.1. The van der Waals surface area contributed by atoms with Crippen LogP contribution in [0.3, 0.4) is 0 Å². The number of nitrogens with one attached hydrogen (secondary N) is 1. The number of halogens is 1. The lowest BCUT2D eigenvalue weighted by Gasteiger charge is -2.09. The number of nitrogens with two attached hydrogens (primary N) is 1. The Morgan fingerprint density at radius 2 is 1.78 bits per heavy atom. The number of ether oxygens (including phenoxy) is 1. The lowest BCUT2D eigenvalue weighted by molar-refractivity contribution is -0.116. The van der Waals surface area contributed by atoms with Gasteiger partial charge in [0.1, 0.15) is 0 Å². The Morgan fingerprint density at radius 3 is 2.37 bits per heavy atom. The zero-order valence-corrected chi connectivity index (χ0v) is 15.9. The maximum atomic E-state index is 12.2. The largest absolute Gasteiger partial charge is 0.454 e. The Kier molecular flexibility index (Phi) is 6.96. The normalized spacial score (nSPS) is 10.5. The summed E-state index contributed by atoms with van der Waals surface area (Å²) in [5.41, 5.74) is 7.02. The number of rotatable bonds is 7. The second-order valence-electron chi connectivity index (χ2n) is 6.45. The van der Waals surface area contributed by atoms with Gasteiger partial charge in [0.15, 0.2) is 12.4 Å². The summed E-state index contributed by atoms with van der Waals surface area (Å²) < 4.78 is 5.02. The van der Waals surface area contributed by atoms with E-state index in [1.807, 2.05) is 13.8 Å². The third kappa shape index (κ3) is 6.11. The van der Waals surface area contributed by atoms with Gasteiger partial charge in [-0.15, -0.1) is 0 Å². The third-order valence-electron chi connectivity index (χ3n) is 3.65. The molecular weight excluding hydrogens is 368 g/mol. The zero-order valence-electron chi connectivity index (χ0n) is 15.1. The van der Waals surface area contributed by atoms with E-state index in [0.29, 0.717) is 22.7 Å². The molecule has 2 rings (SSSR count). The number of ketones is 1. The van der Waals surface area contributed by atoms with E-state index in [1.165, 1.54) is 18.2 Å². The van der Waals surface area contributed by atoms with Crippen molar-refractivity contribution in [1.82, 2.24) is 0 Å². The van der Waals surface area contributed by atoms with E-state index in [2.05, 4.69) is 5.32 Å². The number of Topliss-reactive ketones (excluding diaryl/α,β-unsaturated/α-hetero) is 1. The van der Waals surface area contributed by atoms with Crippen molar-refractivity contribution in [2.75, 3.05) is 17.7 Å². The minimum Gasteiger partial charge on any atom is -0.454 e. The topological polar surface area (TPSA) is 98.5 Å². The van der Waals surface area contributed by atoms with Gasteiger partial charge in [0.2, 0.25) is 5.91 Å². The molecule has 142 valence electrons. The molecule has 0 saturated heterocycles. The highest BCUT2D eigenvalue weighted by Gasteiger charge is 2.15. The van der Waals surface area contributed by atoms with Crippen molar-refractivity contribution >= 4 is 40.6 Å². The summed E-state index contributed by atoms with van der Waals surface area (Å²) in [6.07, 6.45) is 0.421. The molecule has 0 heterocycles. The quantitative estimate of drug-likeness (QED) is 0.425. The van der Waals surface area contributed by atoms with Crippen LogP contribution in [0.15, 0.2) is 42.5 Å². The van der Waals surface area contributed by atoms with Gasteiger partial charge in [0, 0.05) is 28.4 Å². The minimum absolute atomic E-state index is 0.0847. The Morgan fingerprint density at radius 1 is 1.11 bits per heavy atom. The number of amides is 1. The van der Waals surface area contributed by atoms with E-state index in [4.69, 9.17) is 22.1 Å². The maximum absolute atomic E-state index is 12.2. The first-order chi connectivity index (χ1) is 12.8. The van der Waals surface area contributed by atoms with Gasteiger partial charge in [-0.3, -0.25) is 9.59 Å². The molecule has 0 unspecified atom stereocenters. The predicted molar refractivity (Wildman–Crippen MR) is 105 cm³/mol. The van der Waals surface area contributed by atoms with Crippen molar-refractivity contribution in [2.45, 2.75) is 20.3 Å². The van der Waals surface area contributed by atoms with Crippen LogP contribution in [0.4, 0.5) is 11.4 Å². The first-order valence-electron chi connectivity index (χ1n) is 8.41. The van der Waals surface area contributed by atoms with Gasteiger partial charge < -0.3 is 15.8 Å². The van der Waals surface area contributed by atoms with Gasteiger partial charge in [-0.05, 0) is 48.4 Å². The summed E-state index contributed by atoms with van der Waals surface area (Å²) in [5, 5.41) is 3.17. The number of anilines is 2. The summed E-state index contributed by atoms with van der Waals surface area (Å²) in [4.78, 5) is 36.0. The van der Waals surface area contributed by atoms with Crippen LogP contribution >= 0.6 is 11.6 Å². The molecule has 0 aromatic heterocycles. The molecule has 1 amide bonds. The molecule has 2 aromatic carbocycles. The summed E-state index contributed by atoms with van der Waals surface area (Å²) in [7, 11) is 0. The summed E-state index contributed by atoms with van der Waals surface area (Å²) in [5.74, 6) is -0.889. The molecule has 0 saturated carbocycles. The fraction of sp³-hybridized carbons (Fsp3) is 0.250. The molecule has 0 spiro atoms. The van der Waals surface area contributed by atoms with E-state index in [1.54, 1.807) is 24.3 Å². The third-order valence-corrected chi connectivity index (χ3v) is 3.89. The first-order valence-corrected chi connectivity index (χ1v) is 8.79. The molecule has 0 aliphatic heterocycles. The Hall–Kier alpha value is -2.86. The Bertz CT molecular complexity index is 848. The highest BCUT2D eigenvalue weighted by Crippen LogP contribution is 2.19. The average Bonchev–Trinajstić information content (AvgIpc) is 2.59. The van der Waals surface area contributed by atoms with Gasteiger partial charge in [0.25, 0.3) is 0 Å². The van der Waals surface area contributed by atoms with Gasteiger partial charge in [-0.25, -0.2) is 4.79 Å². The Labute approximate surface area is 162 Å². The van der Waals surface area contributed by atoms with Crippen LogP contribution in [0, 0.1) is 5.92 Å². The van der Waals surface area contributed by atoms with Crippen molar-refractivity contribution in [1.29, 1.82) is 0 Å². The highest BCUT2D eigenvalue weighted by atomic mass is 35.5. The molecule has 6 nitrogen and oxygen atoms in total. The SMILES string of the molecule is CC(C)CC(=O)Nc1ccc(C(=O)COC(=O)c2ccc(Cl)cc2N)cc1. The summed E-state index contributed by atoms with van der Waals surface area (Å²) in [6.45, 7) is 3.50. The van der Waals surface area contributed by atoms with Crippen LogP contribution < -0.4 is 11.1 Å². The van der Waals surface area contributed by atoms with Gasteiger partial charge in [-0.1, -0.05) is 25.4 Å². The number of nitrogen functional groups attached to an aromatic ring is 1. The van der Waals surface area contributed by atoms with Gasteiger partial charge in [-0.2, -0.15) is 0 Å². The van der Waals surface area contributed by atoms with E-state index < -0.39 is 12.6 Å². The molecule has 0 aliphatic rings. The van der Waals surface area contributed by atoms with Crippen molar-refractivity contribution in [2.24, 2.45) is 5.92 Å². The summed E-state index contributed by atoms with van der Waals surface area (Å²) in [6, 6.07) is 10.8. The number of hydrogen-bond donors (Lipinski definition) is 2. The van der Waals surface area contributed by atoms with Crippen molar-refractivity contribution in [3.05, 3.63) is 58.6 Å². The second kappa shape index (κ2) is 9.19. The molecule has 0 atom stereocenters. The smallest absolute Gasteiger partial charge is 0.340 e. The monoisotopic (exact) mass is 388 g/mol. The van der Waals surface area contributed by atoms with Crippen molar-refractivity contribution in [3.8, 4) is 0 Å². The molecule has 7 heteroatoms. The van der Waals surface area contributed by atoms with E-state index >= 15 is 0 Å². The standard InChI is InChI=1S/C20H21ClN2O4/c1-12(2)9-19(25)23-15-6-3-13(4-7-15)18(24)11-27-20(26)16-8-5-14(21)10-17(16)22/h3-8,10,12H,9,11,22H2,1-2H3,(H,23,25). The molecule has 27 heavy (non-hydrogen) atoms. The van der Waals surface area contributed by atoms with Crippen LogP contribution in [0.2, 0.25) is 5.02 Å². The highest BCUT2D eigenvalue weighted by molar-refractivity contribution is 6.31. The number of hydrogen-bond acceptors (Lipinski definition) is 5. The molecular formula is C20H21ClN2O4. The molecule has 0 fully saturated rings. The van der Waals surface area contributed by atoms with E-state index in [-0.39, 0.29) is 28.9 Å². The van der Waals surface area contributed by atoms with E-state index in [0.717, 1.165) is 0 Å². The van der Waals surface area contributed by atoms with Crippen LogP contribution in [-0.2, 0) is 9.53 Å². The minimum atomic E-state index is -0.699. The Balaban J connectivity index is 1.92. The average molecular weight is 389 g/mol. The second-order valence-corrected chi connectivity index (χ2v) is 6.89. The first kappa shape index (κ1) is 20.5. The van der Waals surface area contributed by atoms with E-state index in [9.17, 15) is 14.4 Å². The number of esters is 1. The molecule has 2 aromatic rings. The van der Waals surface area contributed by atoms with Crippen LogP contribution in [0.25, 0.3) is 0 Å². The molecule has 0 radical (unpaired) electrons. The zero-order chi connectivity index (χ0) is 20.0. The number of carbonyl (C=O) groups is 3. The molecule has 3 N–H and O–H groups in total. The predicted octanol–water partition coefficient (Wildman–Crippen LogP) is 3.95. The van der Waals surface area contributed by atoms with Gasteiger partial charge in [0.05, 0.1) is 5.56 Å². The van der Waals surface area contributed by atoms with Crippen molar-refractivity contribution in [3.63, 3.8) is 0 Å². The number of carbonyl (C=O) groups excluding carboxylic acids is 3. The van der Waals surface area contributed by atoms with Gasteiger partial charge >= 0.3 is 5.97 Å². The maximum Gasteiger partial charge on any atom is 0.340 e. The van der Waals surface area contributed by atoms with Crippen molar-refractivity contribution < 1.29 is 19.1 Å². The lowest BCUT2D eigenvalue weighted by Crippen LogP contribution is -2.16. The fourth-order valence-corrected chi connectivity index (χ4v) is 2.51. The molecule has 0 bridgehead atoms. The van der Waals surface area contributed by atoms with Crippen LogP contribution in [-0.4, -0.2) is 24.3 Å². The number of benzene rings is 2. The fourth-order valence-electron chi connectivity index (χ4n) is 2.33.